The molecule has 4 heterocycles. The molecule has 3 aliphatic heterocycles. The second kappa shape index (κ2) is 11.2. The third-order valence-electron chi connectivity index (χ3n) is 8.36. The molecule has 2 fully saturated rings. The molecule has 3 aromatic rings. The van der Waals surface area contributed by atoms with E-state index in [2.05, 4.69) is 38.5 Å². The minimum Gasteiger partial charge on any atom is -0.351 e. The van der Waals surface area contributed by atoms with Crippen molar-refractivity contribution in [2.45, 2.75) is 51.2 Å². The van der Waals surface area contributed by atoms with E-state index < -0.39 is 0 Å². The van der Waals surface area contributed by atoms with E-state index in [1.807, 2.05) is 42.5 Å². The highest BCUT2D eigenvalue weighted by Gasteiger charge is 2.32. The molecule has 8 nitrogen and oxygen atoms in total. The van der Waals surface area contributed by atoms with E-state index in [1.165, 1.54) is 0 Å². The fourth-order valence-corrected chi connectivity index (χ4v) is 6.10. The Kier molecular flexibility index (Phi) is 7.39. The summed E-state index contributed by atoms with van der Waals surface area (Å²) in [5, 5.41) is 6.51. The molecule has 6 bridgehead atoms. The van der Waals surface area contributed by atoms with Crippen LogP contribution in [0, 0.1) is 5.92 Å². The van der Waals surface area contributed by atoms with Crippen LogP contribution in [-0.2, 0) is 17.9 Å². The van der Waals surface area contributed by atoms with Gasteiger partial charge in [-0.15, -0.1) is 0 Å². The summed E-state index contributed by atoms with van der Waals surface area (Å²) in [6.45, 7) is 3.93. The van der Waals surface area contributed by atoms with Crippen LogP contribution < -0.4 is 10.6 Å². The Labute approximate surface area is 229 Å². The van der Waals surface area contributed by atoms with Gasteiger partial charge in [0.05, 0.1) is 11.7 Å². The van der Waals surface area contributed by atoms with Gasteiger partial charge in [-0.05, 0) is 99.7 Å². The minimum absolute atomic E-state index is 0.0443. The van der Waals surface area contributed by atoms with Gasteiger partial charge in [-0.2, -0.15) is 0 Å². The van der Waals surface area contributed by atoms with Gasteiger partial charge in [0.2, 0.25) is 11.9 Å². The zero-order valence-corrected chi connectivity index (χ0v) is 22.5. The average molecular weight is 525 g/mol. The number of piperidine rings is 1. The number of amides is 1. The Morgan fingerprint density at radius 1 is 1.05 bits per heavy atom. The van der Waals surface area contributed by atoms with Crippen LogP contribution in [0.1, 0.15) is 53.6 Å². The van der Waals surface area contributed by atoms with E-state index in [1.54, 1.807) is 6.20 Å². The maximum absolute atomic E-state index is 13.6. The lowest BCUT2D eigenvalue weighted by Crippen LogP contribution is -2.42. The summed E-state index contributed by atoms with van der Waals surface area (Å²) in [5.41, 5.74) is 5.34. The smallest absolute Gasteiger partial charge is 0.237 e. The molecule has 3 aliphatic rings. The van der Waals surface area contributed by atoms with Crippen molar-refractivity contribution < 1.29 is 9.59 Å². The number of fused-ring (bicyclic) bond motifs is 8. The lowest BCUT2D eigenvalue weighted by Gasteiger charge is -2.29. The molecule has 6 rings (SSSR count). The van der Waals surface area contributed by atoms with Crippen LogP contribution in [0.3, 0.4) is 0 Å². The van der Waals surface area contributed by atoms with Crippen molar-refractivity contribution in [2.75, 3.05) is 32.0 Å². The first-order valence-corrected chi connectivity index (χ1v) is 14.1. The van der Waals surface area contributed by atoms with Crippen molar-refractivity contribution in [3.05, 3.63) is 71.4 Å². The molecule has 2 saturated heterocycles. The van der Waals surface area contributed by atoms with Crippen LogP contribution in [0.15, 0.2) is 54.7 Å². The van der Waals surface area contributed by atoms with E-state index in [0.29, 0.717) is 31.4 Å². The molecular formula is C31H36N6O2. The number of hydrogen-bond acceptors (Lipinski definition) is 7. The number of ketones is 1. The maximum atomic E-state index is 13.6. The van der Waals surface area contributed by atoms with Crippen molar-refractivity contribution in [3.63, 3.8) is 0 Å². The van der Waals surface area contributed by atoms with Gasteiger partial charge in [0, 0.05) is 42.5 Å². The highest BCUT2D eigenvalue weighted by atomic mass is 16.2. The number of nitrogens with one attached hydrogen (secondary N) is 2. The van der Waals surface area contributed by atoms with Crippen LogP contribution >= 0.6 is 0 Å². The zero-order chi connectivity index (χ0) is 26.8. The average Bonchev–Trinajstić information content (AvgIpc) is 3.41. The van der Waals surface area contributed by atoms with Gasteiger partial charge < -0.3 is 15.5 Å². The predicted molar refractivity (Wildman–Crippen MR) is 152 cm³/mol. The largest absolute Gasteiger partial charge is 0.351 e. The Morgan fingerprint density at radius 3 is 2.79 bits per heavy atom. The van der Waals surface area contributed by atoms with Crippen LogP contribution in [0.4, 0.5) is 11.6 Å². The van der Waals surface area contributed by atoms with Crippen molar-refractivity contribution in [2.24, 2.45) is 5.92 Å². The fourth-order valence-electron chi connectivity index (χ4n) is 6.10. The highest BCUT2D eigenvalue weighted by molar-refractivity contribution is 5.98. The number of carbonyl (C=O) groups excluding carboxylic acids is 2. The number of aromatic nitrogens is 2. The third kappa shape index (κ3) is 5.87. The number of nitrogens with zero attached hydrogens (tertiary/aromatic N) is 4. The van der Waals surface area contributed by atoms with Gasteiger partial charge in [-0.1, -0.05) is 18.2 Å². The first kappa shape index (κ1) is 25.6. The van der Waals surface area contributed by atoms with Gasteiger partial charge in [0.15, 0.2) is 5.78 Å². The van der Waals surface area contributed by atoms with Crippen molar-refractivity contribution >= 4 is 23.3 Å². The molecule has 39 heavy (non-hydrogen) atoms. The van der Waals surface area contributed by atoms with Gasteiger partial charge >= 0.3 is 0 Å². The van der Waals surface area contributed by atoms with Gasteiger partial charge in [0.1, 0.15) is 0 Å². The van der Waals surface area contributed by atoms with Gasteiger partial charge in [-0.3, -0.25) is 14.5 Å². The van der Waals surface area contributed by atoms with Crippen LogP contribution in [0.2, 0.25) is 0 Å². The molecule has 8 heteroatoms. The highest BCUT2D eigenvalue weighted by Crippen LogP contribution is 2.29. The topological polar surface area (TPSA) is 90.5 Å². The van der Waals surface area contributed by atoms with Crippen molar-refractivity contribution in [1.82, 2.24) is 25.1 Å². The van der Waals surface area contributed by atoms with E-state index in [9.17, 15) is 9.59 Å². The normalized spacial score (nSPS) is 20.6. The third-order valence-corrected chi connectivity index (χ3v) is 8.36. The van der Waals surface area contributed by atoms with E-state index in [4.69, 9.17) is 4.98 Å². The summed E-state index contributed by atoms with van der Waals surface area (Å²) < 4.78 is 0. The number of carbonyl (C=O) groups is 2. The van der Waals surface area contributed by atoms with E-state index in [-0.39, 0.29) is 17.7 Å². The molecular weight excluding hydrogens is 488 g/mol. The zero-order valence-electron chi connectivity index (χ0n) is 22.5. The SMILES string of the molecule is CN1CCC(CC(=O)c2ccc3cc2CN2CCC[C@H]2C(=O)NCc2cccc(c2)-c2ccnc(n2)N3)CC1. The van der Waals surface area contributed by atoms with E-state index in [0.717, 1.165) is 79.0 Å². The number of benzene rings is 2. The number of anilines is 2. The number of rotatable bonds is 3. The Bertz CT molecular complexity index is 1370. The minimum atomic E-state index is -0.203. The molecule has 1 aromatic heterocycles. The summed E-state index contributed by atoms with van der Waals surface area (Å²) in [6, 6.07) is 15.7. The molecule has 0 unspecified atom stereocenters. The molecule has 2 N–H and O–H groups in total. The fraction of sp³-hybridized carbons (Fsp3) is 0.419. The molecule has 0 radical (unpaired) electrons. The van der Waals surface area contributed by atoms with Gasteiger partial charge in [-0.25, -0.2) is 9.97 Å². The maximum Gasteiger partial charge on any atom is 0.237 e. The number of likely N-dealkylation sites (tertiary alicyclic amines) is 1. The van der Waals surface area contributed by atoms with E-state index >= 15 is 0 Å². The number of Topliss-reactive ketones (excluding diaryl/α,β-unsaturated/α-hetero) is 1. The lowest BCUT2D eigenvalue weighted by atomic mass is 9.88. The summed E-state index contributed by atoms with van der Waals surface area (Å²) in [6.07, 6.45) is 6.21. The summed E-state index contributed by atoms with van der Waals surface area (Å²) in [5.74, 6) is 1.16. The Morgan fingerprint density at radius 2 is 1.92 bits per heavy atom. The Hall–Kier alpha value is -3.62. The van der Waals surface area contributed by atoms with Crippen LogP contribution in [-0.4, -0.2) is 64.2 Å². The van der Waals surface area contributed by atoms with Crippen LogP contribution in [0.25, 0.3) is 11.3 Å². The summed E-state index contributed by atoms with van der Waals surface area (Å²) >= 11 is 0. The molecule has 1 atom stereocenters. The van der Waals surface area contributed by atoms with Crippen LogP contribution in [0.5, 0.6) is 0 Å². The van der Waals surface area contributed by atoms with Gasteiger partial charge in [0.25, 0.3) is 0 Å². The molecule has 202 valence electrons. The first-order valence-electron chi connectivity index (χ1n) is 14.1. The summed E-state index contributed by atoms with van der Waals surface area (Å²) in [7, 11) is 2.14. The van der Waals surface area contributed by atoms with Crippen molar-refractivity contribution in [3.8, 4) is 11.3 Å². The standard InChI is InChI=1S/C31H36N6O2/c1-36-14-10-21(11-15-36)17-29(38)26-8-7-25-18-24(26)20-37-13-3-6-28(37)30(39)33-19-22-4-2-5-23(16-22)27-9-12-32-31(34-25)35-27/h2,4-5,7-9,12,16,18,21,28H,3,6,10-11,13-15,17,19-20H2,1H3,(H,33,39)(H,32,34,35)/t28-/m0/s1. The molecule has 0 aliphatic carbocycles. The monoisotopic (exact) mass is 524 g/mol. The predicted octanol–water partition coefficient (Wildman–Crippen LogP) is 4.40. The second-order valence-corrected chi connectivity index (χ2v) is 11.2. The first-order chi connectivity index (χ1) is 19.0. The number of hydrogen-bond donors (Lipinski definition) is 2. The summed E-state index contributed by atoms with van der Waals surface area (Å²) in [4.78, 5) is 40.7. The quantitative estimate of drug-likeness (QED) is 0.491. The lowest BCUT2D eigenvalue weighted by molar-refractivity contribution is -0.125. The molecule has 0 spiro atoms. The molecule has 1 amide bonds. The molecule has 0 saturated carbocycles. The van der Waals surface area contributed by atoms with Crippen molar-refractivity contribution in [1.29, 1.82) is 0 Å². The Balaban J connectivity index is 1.34. The molecule has 2 aromatic carbocycles. The second-order valence-electron chi connectivity index (χ2n) is 11.2.